The number of allylic oxidation sites excluding steroid dienone is 2. The van der Waals surface area contributed by atoms with Crippen molar-refractivity contribution in [2.75, 3.05) is 4.90 Å². The Balaban J connectivity index is 1.90. The lowest BCUT2D eigenvalue weighted by atomic mass is 10.0. The second kappa shape index (κ2) is 9.47. The van der Waals surface area contributed by atoms with E-state index in [1.165, 1.54) is 6.42 Å². The molecule has 2 aromatic rings. The van der Waals surface area contributed by atoms with Gasteiger partial charge in [-0.1, -0.05) is 74.4 Å². The number of rotatable bonds is 7. The van der Waals surface area contributed by atoms with E-state index in [0.717, 1.165) is 41.6 Å². The lowest BCUT2D eigenvalue weighted by molar-refractivity contribution is -0.113. The molecule has 0 bridgehead atoms. The van der Waals surface area contributed by atoms with Crippen LogP contribution >= 0.6 is 12.2 Å². The number of aryl methyl sites for hydroxylation is 1. The van der Waals surface area contributed by atoms with Gasteiger partial charge in [0.05, 0.1) is 5.69 Å². The van der Waals surface area contributed by atoms with E-state index in [2.05, 4.69) is 30.4 Å². The highest BCUT2D eigenvalue weighted by atomic mass is 32.1. The first-order valence-electron chi connectivity index (χ1n) is 9.78. The Morgan fingerprint density at radius 2 is 1.79 bits per heavy atom. The van der Waals surface area contributed by atoms with Crippen LogP contribution in [0.3, 0.4) is 0 Å². The lowest BCUT2D eigenvalue weighted by Gasteiger charge is -2.16. The van der Waals surface area contributed by atoms with Gasteiger partial charge in [0.25, 0.3) is 5.91 Å². The van der Waals surface area contributed by atoms with E-state index in [4.69, 9.17) is 12.2 Å². The Kier molecular flexibility index (Phi) is 6.77. The topological polar surface area (TPSA) is 32.3 Å². The molecule has 0 unspecified atom stereocenters. The van der Waals surface area contributed by atoms with E-state index in [0.29, 0.717) is 10.8 Å². The Morgan fingerprint density at radius 1 is 1.07 bits per heavy atom. The van der Waals surface area contributed by atoms with Crippen molar-refractivity contribution < 1.29 is 4.79 Å². The fraction of sp³-hybridized carbons (Fsp3) is 0.250. The molecular formula is C24H26N2OS. The number of nitrogens with one attached hydrogen (secondary N) is 1. The number of anilines is 1. The standard InChI is InChI=1S/C24H26N2OS/c1-3-4-6-14-20(16-19-12-7-5-8-13-19)17-21-23(27)26(24(28)25-21)22-15-10-9-11-18(22)2/h5,7-13,15-17H,3-4,6,14H2,1-2H3,(H,25,28)/b20-16-,21-17+. The number of nitrogens with zero attached hydrogens (tertiary/aromatic N) is 1. The molecule has 1 aliphatic rings. The fourth-order valence-electron chi connectivity index (χ4n) is 3.28. The van der Waals surface area contributed by atoms with Gasteiger partial charge < -0.3 is 5.32 Å². The highest BCUT2D eigenvalue weighted by molar-refractivity contribution is 7.80. The van der Waals surface area contributed by atoms with Gasteiger partial charge in [0.15, 0.2) is 5.11 Å². The van der Waals surface area contributed by atoms with Crippen molar-refractivity contribution in [2.24, 2.45) is 0 Å². The summed E-state index contributed by atoms with van der Waals surface area (Å²) in [6, 6.07) is 18.0. The van der Waals surface area contributed by atoms with E-state index in [1.54, 1.807) is 4.90 Å². The maximum absolute atomic E-state index is 13.1. The molecule has 0 radical (unpaired) electrons. The summed E-state index contributed by atoms with van der Waals surface area (Å²) in [5.41, 5.74) is 4.64. The Bertz CT molecular complexity index is 915. The Hall–Kier alpha value is -2.72. The predicted molar refractivity (Wildman–Crippen MR) is 121 cm³/mol. The second-order valence-corrected chi connectivity index (χ2v) is 7.39. The molecule has 1 fully saturated rings. The van der Waals surface area contributed by atoms with Gasteiger partial charge in [-0.2, -0.15) is 0 Å². The molecule has 1 aliphatic heterocycles. The van der Waals surface area contributed by atoms with Crippen molar-refractivity contribution in [3.8, 4) is 0 Å². The number of hydrogen-bond acceptors (Lipinski definition) is 2. The molecule has 144 valence electrons. The van der Waals surface area contributed by atoms with Crippen LogP contribution in [0.15, 0.2) is 71.9 Å². The predicted octanol–water partition coefficient (Wildman–Crippen LogP) is 5.76. The molecule has 1 N–H and O–H groups in total. The minimum absolute atomic E-state index is 0.103. The quantitative estimate of drug-likeness (QED) is 0.370. The van der Waals surface area contributed by atoms with Crippen molar-refractivity contribution >= 4 is 35.0 Å². The maximum Gasteiger partial charge on any atom is 0.281 e. The molecule has 3 nitrogen and oxygen atoms in total. The summed E-state index contributed by atoms with van der Waals surface area (Å²) in [6.45, 7) is 4.18. The van der Waals surface area contributed by atoms with Crippen LogP contribution in [0.1, 0.15) is 43.7 Å². The third kappa shape index (κ3) is 4.76. The average Bonchev–Trinajstić information content (AvgIpc) is 2.96. The number of para-hydroxylation sites is 1. The van der Waals surface area contributed by atoms with Gasteiger partial charge in [0.2, 0.25) is 0 Å². The number of hydrogen-bond donors (Lipinski definition) is 1. The number of thiocarbonyl (C=S) groups is 1. The second-order valence-electron chi connectivity index (χ2n) is 7.00. The third-order valence-corrected chi connectivity index (χ3v) is 5.07. The van der Waals surface area contributed by atoms with Gasteiger partial charge in [-0.25, -0.2) is 0 Å². The smallest absolute Gasteiger partial charge is 0.281 e. The number of unbranched alkanes of at least 4 members (excludes halogenated alkanes) is 2. The molecule has 1 saturated heterocycles. The molecule has 4 heteroatoms. The fourth-order valence-corrected chi connectivity index (χ4v) is 3.57. The van der Waals surface area contributed by atoms with E-state index < -0.39 is 0 Å². The molecular weight excluding hydrogens is 364 g/mol. The van der Waals surface area contributed by atoms with Crippen LogP contribution < -0.4 is 10.2 Å². The minimum atomic E-state index is -0.103. The summed E-state index contributed by atoms with van der Waals surface area (Å²) in [5.74, 6) is -0.103. The molecule has 1 amide bonds. The van der Waals surface area contributed by atoms with Crippen LogP contribution in [0.25, 0.3) is 6.08 Å². The van der Waals surface area contributed by atoms with Crippen molar-refractivity contribution in [1.29, 1.82) is 0 Å². The average molecular weight is 391 g/mol. The van der Waals surface area contributed by atoms with Gasteiger partial charge in [0.1, 0.15) is 5.70 Å². The molecule has 0 spiro atoms. The summed E-state index contributed by atoms with van der Waals surface area (Å²) in [5, 5.41) is 3.54. The van der Waals surface area contributed by atoms with Crippen LogP contribution in [-0.4, -0.2) is 11.0 Å². The van der Waals surface area contributed by atoms with Gasteiger partial charge >= 0.3 is 0 Å². The third-order valence-electron chi connectivity index (χ3n) is 4.78. The molecule has 1 heterocycles. The first-order valence-corrected chi connectivity index (χ1v) is 10.2. The van der Waals surface area contributed by atoms with E-state index in [-0.39, 0.29) is 5.91 Å². The first-order chi connectivity index (χ1) is 13.6. The van der Waals surface area contributed by atoms with Gasteiger partial charge in [-0.3, -0.25) is 9.69 Å². The number of carbonyl (C=O) groups is 1. The number of amides is 1. The Labute approximate surface area is 172 Å². The van der Waals surface area contributed by atoms with Crippen LogP contribution in [0.4, 0.5) is 5.69 Å². The van der Waals surface area contributed by atoms with Crippen molar-refractivity contribution in [3.63, 3.8) is 0 Å². The van der Waals surface area contributed by atoms with Gasteiger partial charge in [-0.05, 0) is 60.8 Å². The molecule has 0 aromatic heterocycles. The zero-order valence-electron chi connectivity index (χ0n) is 16.4. The van der Waals surface area contributed by atoms with Crippen LogP contribution in [0.2, 0.25) is 0 Å². The van der Waals surface area contributed by atoms with Crippen LogP contribution in [-0.2, 0) is 4.79 Å². The van der Waals surface area contributed by atoms with Gasteiger partial charge in [0, 0.05) is 0 Å². The normalized spacial score (nSPS) is 16.0. The summed E-state index contributed by atoms with van der Waals surface area (Å²) in [6.07, 6.45) is 8.46. The Morgan fingerprint density at radius 3 is 2.50 bits per heavy atom. The van der Waals surface area contributed by atoms with E-state index in [1.807, 2.05) is 55.5 Å². The monoisotopic (exact) mass is 390 g/mol. The largest absolute Gasteiger partial charge is 0.327 e. The molecule has 0 aliphatic carbocycles. The SMILES string of the molecule is CCCCCC(=C/c1ccccc1)/C=C1/NC(=S)N(c2ccccc2C)C1=O. The summed E-state index contributed by atoms with van der Waals surface area (Å²) >= 11 is 5.46. The number of benzene rings is 2. The zero-order chi connectivity index (χ0) is 19.9. The van der Waals surface area contributed by atoms with Gasteiger partial charge in [-0.15, -0.1) is 0 Å². The highest BCUT2D eigenvalue weighted by Gasteiger charge is 2.32. The van der Waals surface area contributed by atoms with Crippen LogP contribution in [0.5, 0.6) is 0 Å². The molecule has 0 saturated carbocycles. The molecule has 0 atom stereocenters. The summed E-state index contributed by atoms with van der Waals surface area (Å²) in [7, 11) is 0. The van der Waals surface area contributed by atoms with Crippen molar-refractivity contribution in [3.05, 3.63) is 83.1 Å². The van der Waals surface area contributed by atoms with Crippen LogP contribution in [0, 0.1) is 6.92 Å². The summed E-state index contributed by atoms with van der Waals surface area (Å²) < 4.78 is 0. The maximum atomic E-state index is 13.1. The van der Waals surface area contributed by atoms with E-state index in [9.17, 15) is 4.79 Å². The van der Waals surface area contributed by atoms with Crippen molar-refractivity contribution in [2.45, 2.75) is 39.5 Å². The van der Waals surface area contributed by atoms with E-state index >= 15 is 0 Å². The zero-order valence-corrected chi connectivity index (χ0v) is 17.3. The number of carbonyl (C=O) groups excluding carboxylic acids is 1. The minimum Gasteiger partial charge on any atom is -0.327 e. The molecule has 2 aromatic carbocycles. The molecule has 3 rings (SSSR count). The molecule has 28 heavy (non-hydrogen) atoms. The lowest BCUT2D eigenvalue weighted by Crippen LogP contribution is -2.30. The highest BCUT2D eigenvalue weighted by Crippen LogP contribution is 2.26. The summed E-state index contributed by atoms with van der Waals surface area (Å²) in [4.78, 5) is 14.7. The van der Waals surface area contributed by atoms with Crippen molar-refractivity contribution in [1.82, 2.24) is 5.32 Å². The first kappa shape index (κ1) is 20.0.